The predicted octanol–water partition coefficient (Wildman–Crippen LogP) is 4.56. The number of aromatic nitrogens is 1. The number of aromatic amines is 1. The first kappa shape index (κ1) is 14.7. The lowest BCUT2D eigenvalue weighted by atomic mass is 10.1. The van der Waals surface area contributed by atoms with Gasteiger partial charge in [0.2, 0.25) is 5.91 Å². The van der Waals surface area contributed by atoms with Crippen LogP contribution in [-0.4, -0.2) is 10.9 Å². The lowest BCUT2D eigenvalue weighted by Gasteiger charge is -2.06. The Morgan fingerprint density at radius 2 is 1.95 bits per heavy atom. The fourth-order valence-electron chi connectivity index (χ4n) is 2.51. The van der Waals surface area contributed by atoms with Crippen molar-refractivity contribution < 1.29 is 4.79 Å². The summed E-state index contributed by atoms with van der Waals surface area (Å²) >= 11 is 5.97. The minimum absolute atomic E-state index is 0.0277. The molecule has 2 aromatic carbocycles. The Labute approximate surface area is 134 Å². The average molecular weight is 313 g/mol. The molecule has 0 saturated heterocycles. The molecule has 3 nitrogen and oxygen atoms in total. The number of fused-ring (bicyclic) bond motifs is 1. The molecule has 0 spiro atoms. The minimum atomic E-state index is -0.0277. The summed E-state index contributed by atoms with van der Waals surface area (Å²) in [6.45, 7) is 2.11. The van der Waals surface area contributed by atoms with Crippen LogP contribution in [0.2, 0.25) is 5.02 Å². The van der Waals surface area contributed by atoms with Crippen molar-refractivity contribution in [3.63, 3.8) is 0 Å². The summed E-state index contributed by atoms with van der Waals surface area (Å²) in [7, 11) is 0. The summed E-state index contributed by atoms with van der Waals surface area (Å²) in [4.78, 5) is 15.3. The van der Waals surface area contributed by atoms with Crippen molar-refractivity contribution in [1.82, 2.24) is 4.98 Å². The monoisotopic (exact) mass is 312 g/mol. The highest BCUT2D eigenvalue weighted by molar-refractivity contribution is 6.31. The molecule has 0 saturated carbocycles. The molecule has 1 heterocycles. The van der Waals surface area contributed by atoms with Gasteiger partial charge in [-0.15, -0.1) is 0 Å². The van der Waals surface area contributed by atoms with E-state index >= 15 is 0 Å². The number of aryl methyl sites for hydroxylation is 1. The van der Waals surface area contributed by atoms with Crippen molar-refractivity contribution in [2.24, 2.45) is 0 Å². The van der Waals surface area contributed by atoms with E-state index in [0.717, 1.165) is 28.6 Å². The Morgan fingerprint density at radius 1 is 1.18 bits per heavy atom. The molecule has 22 heavy (non-hydrogen) atoms. The second kappa shape index (κ2) is 6.24. The molecular formula is C18H17ClN2O. The third-order valence-electron chi connectivity index (χ3n) is 3.73. The molecule has 1 amide bonds. The molecule has 4 heteroatoms. The molecule has 2 N–H and O–H groups in total. The zero-order chi connectivity index (χ0) is 15.5. The third-order valence-corrected chi connectivity index (χ3v) is 3.96. The highest BCUT2D eigenvalue weighted by Crippen LogP contribution is 2.22. The van der Waals surface area contributed by atoms with Crippen LogP contribution in [0.3, 0.4) is 0 Å². The lowest BCUT2D eigenvalue weighted by Crippen LogP contribution is -2.14. The molecule has 3 aromatic rings. The maximum absolute atomic E-state index is 12.2. The smallest absolute Gasteiger partial charge is 0.228 e. The number of nitrogens with one attached hydrogen (secondary N) is 2. The molecule has 0 aliphatic rings. The standard InChI is InChI=1S/C18H17ClN2O/c1-2-12-3-6-15(7-4-12)21-18(22)9-13-11-20-17-10-14(19)5-8-16(13)17/h3-8,10-11,20H,2,9H2,1H3,(H,21,22). The van der Waals surface area contributed by atoms with E-state index in [-0.39, 0.29) is 5.91 Å². The number of benzene rings is 2. The molecule has 0 radical (unpaired) electrons. The Hall–Kier alpha value is -2.26. The van der Waals surface area contributed by atoms with E-state index < -0.39 is 0 Å². The van der Waals surface area contributed by atoms with Crippen LogP contribution < -0.4 is 5.32 Å². The highest BCUT2D eigenvalue weighted by Gasteiger charge is 2.09. The van der Waals surface area contributed by atoms with Crippen LogP contribution in [0, 0.1) is 0 Å². The lowest BCUT2D eigenvalue weighted by molar-refractivity contribution is -0.115. The van der Waals surface area contributed by atoms with Crippen LogP contribution >= 0.6 is 11.6 Å². The predicted molar refractivity (Wildman–Crippen MR) is 91.5 cm³/mol. The van der Waals surface area contributed by atoms with E-state index in [1.165, 1.54) is 5.56 Å². The molecule has 0 unspecified atom stereocenters. The van der Waals surface area contributed by atoms with Crippen LogP contribution in [0.15, 0.2) is 48.7 Å². The zero-order valence-corrected chi connectivity index (χ0v) is 13.1. The second-order valence-corrected chi connectivity index (χ2v) is 5.72. The van der Waals surface area contributed by atoms with Crippen LogP contribution in [0.1, 0.15) is 18.1 Å². The molecule has 0 fully saturated rings. The number of hydrogen-bond acceptors (Lipinski definition) is 1. The molecule has 0 aliphatic heterocycles. The SMILES string of the molecule is CCc1ccc(NC(=O)Cc2c[nH]c3cc(Cl)ccc23)cc1. The van der Waals surface area contributed by atoms with Gasteiger partial charge in [-0.05, 0) is 41.8 Å². The summed E-state index contributed by atoms with van der Waals surface area (Å²) in [5.74, 6) is -0.0277. The second-order valence-electron chi connectivity index (χ2n) is 5.28. The molecule has 112 valence electrons. The first-order valence-corrected chi connectivity index (χ1v) is 7.68. The number of amides is 1. The van der Waals surface area contributed by atoms with Crippen molar-refractivity contribution in [1.29, 1.82) is 0 Å². The summed E-state index contributed by atoms with van der Waals surface area (Å²) in [6, 6.07) is 13.6. The molecular weight excluding hydrogens is 296 g/mol. The molecule has 0 bridgehead atoms. The van der Waals surface area contributed by atoms with Gasteiger partial charge in [-0.25, -0.2) is 0 Å². The van der Waals surface area contributed by atoms with E-state index in [1.807, 2.05) is 48.7 Å². The largest absolute Gasteiger partial charge is 0.361 e. The molecule has 1 aromatic heterocycles. The summed E-state index contributed by atoms with van der Waals surface area (Å²) in [5, 5.41) is 4.64. The van der Waals surface area contributed by atoms with Crippen molar-refractivity contribution in [2.75, 3.05) is 5.32 Å². The van der Waals surface area contributed by atoms with Crippen LogP contribution in [0.25, 0.3) is 10.9 Å². The number of halogens is 1. The van der Waals surface area contributed by atoms with E-state index in [1.54, 1.807) is 0 Å². The molecule has 3 rings (SSSR count). The fourth-order valence-corrected chi connectivity index (χ4v) is 2.68. The minimum Gasteiger partial charge on any atom is -0.361 e. The quantitative estimate of drug-likeness (QED) is 0.728. The van der Waals surface area contributed by atoms with E-state index in [2.05, 4.69) is 17.2 Å². The normalized spacial score (nSPS) is 10.8. The van der Waals surface area contributed by atoms with Gasteiger partial charge in [0.25, 0.3) is 0 Å². The maximum Gasteiger partial charge on any atom is 0.228 e. The van der Waals surface area contributed by atoms with Crippen LogP contribution in [-0.2, 0) is 17.6 Å². The highest BCUT2D eigenvalue weighted by atomic mass is 35.5. The Bertz CT molecular complexity index is 806. The van der Waals surface area contributed by atoms with E-state index in [0.29, 0.717) is 11.4 Å². The Morgan fingerprint density at radius 3 is 2.68 bits per heavy atom. The fraction of sp³-hybridized carbons (Fsp3) is 0.167. The van der Waals surface area contributed by atoms with Gasteiger partial charge < -0.3 is 10.3 Å². The van der Waals surface area contributed by atoms with Gasteiger partial charge in [0.15, 0.2) is 0 Å². The molecule has 0 aliphatic carbocycles. The first-order valence-electron chi connectivity index (χ1n) is 7.30. The number of hydrogen-bond donors (Lipinski definition) is 2. The van der Waals surface area contributed by atoms with Crippen LogP contribution in [0.4, 0.5) is 5.69 Å². The maximum atomic E-state index is 12.2. The Balaban J connectivity index is 1.72. The van der Waals surface area contributed by atoms with E-state index in [4.69, 9.17) is 11.6 Å². The van der Waals surface area contributed by atoms with Crippen molar-refractivity contribution in [3.05, 3.63) is 64.8 Å². The van der Waals surface area contributed by atoms with Gasteiger partial charge in [0.1, 0.15) is 0 Å². The van der Waals surface area contributed by atoms with Crippen LogP contribution in [0.5, 0.6) is 0 Å². The summed E-state index contributed by atoms with van der Waals surface area (Å²) in [5.41, 5.74) is 3.99. The number of rotatable bonds is 4. The Kier molecular flexibility index (Phi) is 4.16. The van der Waals surface area contributed by atoms with Crippen molar-refractivity contribution in [3.8, 4) is 0 Å². The van der Waals surface area contributed by atoms with Gasteiger partial charge in [-0.3, -0.25) is 4.79 Å². The van der Waals surface area contributed by atoms with Gasteiger partial charge in [0, 0.05) is 27.8 Å². The van der Waals surface area contributed by atoms with Crippen molar-refractivity contribution >= 4 is 34.1 Å². The number of carbonyl (C=O) groups excluding carboxylic acids is 1. The summed E-state index contributed by atoms with van der Waals surface area (Å²) < 4.78 is 0. The average Bonchev–Trinajstić information content (AvgIpc) is 2.90. The van der Waals surface area contributed by atoms with Gasteiger partial charge in [-0.1, -0.05) is 36.7 Å². The van der Waals surface area contributed by atoms with Crippen molar-refractivity contribution in [2.45, 2.75) is 19.8 Å². The number of carbonyl (C=O) groups is 1. The topological polar surface area (TPSA) is 44.9 Å². The van der Waals surface area contributed by atoms with Gasteiger partial charge >= 0.3 is 0 Å². The number of H-pyrrole nitrogens is 1. The molecule has 0 atom stereocenters. The zero-order valence-electron chi connectivity index (χ0n) is 12.3. The summed E-state index contributed by atoms with van der Waals surface area (Å²) in [6.07, 6.45) is 3.18. The third kappa shape index (κ3) is 3.15. The van der Waals surface area contributed by atoms with Gasteiger partial charge in [0.05, 0.1) is 6.42 Å². The number of anilines is 1. The van der Waals surface area contributed by atoms with Gasteiger partial charge in [-0.2, -0.15) is 0 Å². The van der Waals surface area contributed by atoms with E-state index in [9.17, 15) is 4.79 Å². The first-order chi connectivity index (χ1) is 10.7.